The van der Waals surface area contributed by atoms with E-state index in [0.717, 1.165) is 77.9 Å². The van der Waals surface area contributed by atoms with Gasteiger partial charge >= 0.3 is 0 Å². The molecule has 13 nitrogen and oxygen atoms in total. The van der Waals surface area contributed by atoms with Crippen LogP contribution in [0.5, 0.6) is 57.5 Å². The lowest BCUT2D eigenvalue weighted by Crippen LogP contribution is -2.36. The molecule has 0 saturated carbocycles. The van der Waals surface area contributed by atoms with E-state index in [1.807, 2.05) is 140 Å². The second kappa shape index (κ2) is 24.0. The number of hydrogen-bond acceptors (Lipinski definition) is 13. The maximum Gasteiger partial charge on any atom is 0.141 e. The highest BCUT2D eigenvalue weighted by molar-refractivity contribution is 6.13. The zero-order valence-corrected chi connectivity index (χ0v) is 53.3. The summed E-state index contributed by atoms with van der Waals surface area (Å²) in [7, 11) is 13.3. The summed E-state index contributed by atoms with van der Waals surface area (Å²) < 4.78 is 55.5. The Bertz CT molecular complexity index is 4680. The summed E-state index contributed by atoms with van der Waals surface area (Å²) in [5.74, 6) is 6.27. The number of anilines is 4. The number of rotatable bonds is 16. The minimum atomic E-state index is -1.59. The van der Waals surface area contributed by atoms with E-state index in [1.165, 1.54) is 0 Å². The van der Waals surface area contributed by atoms with Gasteiger partial charge in [-0.15, -0.1) is 0 Å². The fraction of sp³-hybridized carbons (Fsp3) is 0.111. The van der Waals surface area contributed by atoms with Crippen molar-refractivity contribution in [3.63, 3.8) is 0 Å². The van der Waals surface area contributed by atoms with E-state index >= 15 is 0 Å². The van der Waals surface area contributed by atoms with Gasteiger partial charge in [0.05, 0.1) is 62.3 Å². The molecule has 0 amide bonds. The topological polar surface area (TPSA) is 187 Å². The van der Waals surface area contributed by atoms with Crippen LogP contribution < -0.4 is 65.6 Å². The molecule has 12 aromatic rings. The molecular formula is C81H68N4O9. The van der Waals surface area contributed by atoms with Crippen molar-refractivity contribution in [2.75, 3.05) is 79.8 Å². The largest absolute Gasteiger partial charge is 0.497 e. The van der Waals surface area contributed by atoms with Crippen LogP contribution in [0, 0.1) is 0 Å². The van der Waals surface area contributed by atoms with Gasteiger partial charge in [-0.2, -0.15) is 0 Å². The van der Waals surface area contributed by atoms with E-state index < -0.39 is 5.41 Å². The van der Waals surface area contributed by atoms with Gasteiger partial charge in [-0.25, -0.2) is 0 Å². The van der Waals surface area contributed by atoms with Crippen molar-refractivity contribution in [2.45, 2.75) is 5.41 Å². The van der Waals surface area contributed by atoms with Crippen molar-refractivity contribution < 1.29 is 42.6 Å². The highest BCUT2D eigenvalue weighted by atomic mass is 16.5. The molecule has 0 fully saturated rings. The van der Waals surface area contributed by atoms with Gasteiger partial charge in [0, 0.05) is 78.4 Å². The first-order valence-electron chi connectivity index (χ1n) is 30.6. The van der Waals surface area contributed by atoms with Crippen molar-refractivity contribution in [2.24, 2.45) is 0 Å². The fourth-order valence-corrected chi connectivity index (χ4v) is 14.1. The molecule has 2 aliphatic rings. The summed E-state index contributed by atoms with van der Waals surface area (Å²) in [6, 6.07) is 72.4. The number of benzene rings is 12. The molecule has 0 unspecified atom stereocenters. The van der Waals surface area contributed by atoms with Crippen molar-refractivity contribution >= 4 is 22.7 Å². The van der Waals surface area contributed by atoms with Crippen molar-refractivity contribution in [1.82, 2.24) is 0 Å². The van der Waals surface area contributed by atoms with Crippen LogP contribution in [0.3, 0.4) is 0 Å². The number of nitrogen functional groups attached to an aromatic ring is 4. The number of methoxy groups -OCH3 is 8. The molecule has 14 rings (SSSR count). The summed E-state index contributed by atoms with van der Waals surface area (Å²) in [5.41, 5.74) is 49.4. The molecule has 0 radical (unpaired) electrons. The molecule has 0 saturated heterocycles. The van der Waals surface area contributed by atoms with Crippen molar-refractivity contribution in [1.29, 1.82) is 0 Å². The third-order valence-corrected chi connectivity index (χ3v) is 18.5. The lowest BCUT2D eigenvalue weighted by Gasteiger charge is -2.46. The van der Waals surface area contributed by atoms with E-state index in [4.69, 9.17) is 65.6 Å². The summed E-state index contributed by atoms with van der Waals surface area (Å²) in [5, 5.41) is 0. The first-order chi connectivity index (χ1) is 45.9. The van der Waals surface area contributed by atoms with Gasteiger partial charge in [-0.3, -0.25) is 0 Å². The summed E-state index contributed by atoms with van der Waals surface area (Å²) >= 11 is 0. The number of ether oxygens (including phenoxy) is 9. The minimum Gasteiger partial charge on any atom is -0.497 e. The van der Waals surface area contributed by atoms with E-state index in [-0.39, 0.29) is 0 Å². The Kier molecular flexibility index (Phi) is 15.2. The van der Waals surface area contributed by atoms with Crippen LogP contribution in [0.1, 0.15) is 22.3 Å². The quantitative estimate of drug-likeness (QED) is 0.0670. The summed E-state index contributed by atoms with van der Waals surface area (Å²) in [4.78, 5) is 0. The lowest BCUT2D eigenvalue weighted by molar-refractivity contribution is 0.414. The molecule has 1 spiro atoms. The minimum absolute atomic E-state index is 0.447. The molecule has 466 valence electrons. The molecule has 94 heavy (non-hydrogen) atoms. The molecule has 0 aromatic heterocycles. The Morgan fingerprint density at radius 2 is 0.511 bits per heavy atom. The number of fused-ring (bicyclic) bond motifs is 9. The third kappa shape index (κ3) is 9.53. The van der Waals surface area contributed by atoms with Crippen LogP contribution in [0.25, 0.3) is 100 Å². The first kappa shape index (κ1) is 59.7. The van der Waals surface area contributed by atoms with Gasteiger partial charge in [0.1, 0.15) is 57.5 Å². The lowest BCUT2D eigenvalue weighted by atomic mass is 9.59. The van der Waals surface area contributed by atoms with Crippen LogP contribution in [0.15, 0.2) is 218 Å². The zero-order chi connectivity index (χ0) is 65.1. The third-order valence-electron chi connectivity index (χ3n) is 18.5. The summed E-state index contributed by atoms with van der Waals surface area (Å²) in [6.07, 6.45) is 0. The molecule has 12 aromatic carbocycles. The second-order valence-corrected chi connectivity index (χ2v) is 23.1. The molecule has 0 bridgehead atoms. The van der Waals surface area contributed by atoms with Crippen LogP contribution in [-0.2, 0) is 5.41 Å². The van der Waals surface area contributed by atoms with Gasteiger partial charge in [0.25, 0.3) is 0 Å². The van der Waals surface area contributed by atoms with E-state index in [2.05, 4.69) is 78.9 Å². The van der Waals surface area contributed by atoms with Gasteiger partial charge in [-0.05, 0) is 182 Å². The highest BCUT2D eigenvalue weighted by Crippen LogP contribution is 2.73. The van der Waals surface area contributed by atoms with Gasteiger partial charge in [0.2, 0.25) is 0 Å². The highest BCUT2D eigenvalue weighted by Gasteiger charge is 2.58. The summed E-state index contributed by atoms with van der Waals surface area (Å²) in [6.45, 7) is 0. The second-order valence-electron chi connectivity index (χ2n) is 23.1. The molecule has 8 N–H and O–H groups in total. The van der Waals surface area contributed by atoms with Gasteiger partial charge in [-0.1, -0.05) is 103 Å². The van der Waals surface area contributed by atoms with Crippen LogP contribution in [-0.4, -0.2) is 56.9 Å². The molecule has 13 heteroatoms. The van der Waals surface area contributed by atoms with E-state index in [0.29, 0.717) is 125 Å². The van der Waals surface area contributed by atoms with Crippen LogP contribution in [0.4, 0.5) is 22.7 Å². The zero-order valence-electron chi connectivity index (χ0n) is 53.3. The maximum atomic E-state index is 8.50. The predicted molar refractivity (Wildman–Crippen MR) is 377 cm³/mol. The average Bonchev–Trinajstić information content (AvgIpc) is 1.34. The predicted octanol–water partition coefficient (Wildman–Crippen LogP) is 17.9. The van der Waals surface area contributed by atoms with Gasteiger partial charge in [0.15, 0.2) is 0 Å². The smallest absolute Gasteiger partial charge is 0.141 e. The molecule has 1 aliphatic carbocycles. The maximum absolute atomic E-state index is 8.50. The normalized spacial score (nSPS) is 12.2. The molecule has 1 heterocycles. The van der Waals surface area contributed by atoms with Crippen molar-refractivity contribution in [3.8, 4) is 158 Å². The van der Waals surface area contributed by atoms with Crippen LogP contribution >= 0.6 is 0 Å². The Balaban J connectivity index is 1.32. The fourth-order valence-electron chi connectivity index (χ4n) is 14.1. The number of hydrogen-bond donors (Lipinski definition) is 4. The number of nitrogens with two attached hydrogens (primary N) is 4. The standard InChI is InChI=1S/C81H68N4O9/c1-86-54-26-9-45(10-27-54)63-44-64-62-42-25-53(82)43-65(62)81(73(64)70(76(63)83)50-19-36-59(91-6)37-20-50)74-71(51-21-38-60(92-7)39-22-51)77(84)66(46-11-28-55(87-2)29-12-46)68(48-15-32-57(89-4)33-16-48)79(74)94-80-69(49-17-34-58(90-5)35-18-49)67(47-13-30-56(88-3)31-14-47)78(85)72(75(80)81)52-23-40-61(93-8)41-24-52/h9-44H,82-85H2,1-8H3. The van der Waals surface area contributed by atoms with Crippen molar-refractivity contribution in [3.05, 3.63) is 241 Å². The molecular weight excluding hydrogens is 1170 g/mol. The Morgan fingerprint density at radius 1 is 0.245 bits per heavy atom. The monoisotopic (exact) mass is 1240 g/mol. The van der Waals surface area contributed by atoms with E-state index in [9.17, 15) is 0 Å². The SMILES string of the molecule is COc1ccc(-c2cc3c(c(-c4ccc(OC)cc4)c2N)C2(c4cc(N)ccc4-3)c3c(c(-c4ccc(OC)cc4)c(-c4ccc(OC)cc4)c(N)c3-c3ccc(OC)cc3)Oc3c(-c4ccc(OC)cc4)c(-c4ccc(OC)cc4)c(N)c(-c4ccc(OC)cc4)c32)cc1. The first-order valence-corrected chi connectivity index (χ1v) is 30.6. The Morgan fingerprint density at radius 3 is 0.809 bits per heavy atom. The van der Waals surface area contributed by atoms with Gasteiger partial charge < -0.3 is 65.6 Å². The Labute approximate surface area is 546 Å². The Hall–Kier alpha value is -12.0. The molecule has 1 aliphatic heterocycles. The van der Waals surface area contributed by atoms with E-state index in [1.54, 1.807) is 56.9 Å². The van der Waals surface area contributed by atoms with Crippen LogP contribution in [0.2, 0.25) is 0 Å². The average molecular weight is 1240 g/mol. The molecule has 0 atom stereocenters.